The van der Waals surface area contributed by atoms with Crippen LogP contribution in [-0.2, 0) is 4.79 Å². The van der Waals surface area contributed by atoms with Gasteiger partial charge in [-0.15, -0.1) is 10.2 Å². The Labute approximate surface area is 115 Å². The SMILES string of the molecule is CCNc1nnc(SCC(=O)N2CCCCC2)s1. The van der Waals surface area contributed by atoms with Crippen LogP contribution in [0.4, 0.5) is 5.13 Å². The predicted molar refractivity (Wildman–Crippen MR) is 75.2 cm³/mol. The number of amides is 1. The van der Waals surface area contributed by atoms with Crippen LogP contribution >= 0.6 is 23.1 Å². The highest BCUT2D eigenvalue weighted by Gasteiger charge is 2.17. The van der Waals surface area contributed by atoms with Gasteiger partial charge in [0, 0.05) is 19.6 Å². The topological polar surface area (TPSA) is 58.1 Å². The van der Waals surface area contributed by atoms with Crippen molar-refractivity contribution in [2.24, 2.45) is 0 Å². The van der Waals surface area contributed by atoms with Crippen LogP contribution in [0.15, 0.2) is 4.34 Å². The van der Waals surface area contributed by atoms with Gasteiger partial charge in [-0.25, -0.2) is 0 Å². The van der Waals surface area contributed by atoms with E-state index in [0.29, 0.717) is 5.75 Å². The summed E-state index contributed by atoms with van der Waals surface area (Å²) in [5, 5.41) is 12.0. The van der Waals surface area contributed by atoms with Crippen LogP contribution in [0.2, 0.25) is 0 Å². The van der Waals surface area contributed by atoms with Gasteiger partial charge in [-0.3, -0.25) is 4.79 Å². The summed E-state index contributed by atoms with van der Waals surface area (Å²) >= 11 is 2.99. The monoisotopic (exact) mass is 286 g/mol. The quantitative estimate of drug-likeness (QED) is 0.840. The van der Waals surface area contributed by atoms with E-state index in [1.165, 1.54) is 29.5 Å². The minimum absolute atomic E-state index is 0.222. The molecule has 1 aliphatic rings. The van der Waals surface area contributed by atoms with Crippen molar-refractivity contribution in [3.8, 4) is 0 Å². The van der Waals surface area contributed by atoms with Crippen molar-refractivity contribution < 1.29 is 4.79 Å². The standard InChI is InChI=1S/C11H18N4OS2/c1-2-12-10-13-14-11(18-10)17-8-9(16)15-6-4-3-5-7-15/h2-8H2,1H3,(H,12,13). The van der Waals surface area contributed by atoms with E-state index in [2.05, 4.69) is 15.5 Å². The Balaban J connectivity index is 1.77. The number of likely N-dealkylation sites (tertiary alicyclic amines) is 1. The summed E-state index contributed by atoms with van der Waals surface area (Å²) in [6.07, 6.45) is 3.53. The van der Waals surface area contributed by atoms with Crippen molar-refractivity contribution in [1.29, 1.82) is 0 Å². The molecule has 1 fully saturated rings. The van der Waals surface area contributed by atoms with Crippen molar-refractivity contribution in [2.75, 3.05) is 30.7 Å². The Hall–Kier alpha value is -0.820. The summed E-state index contributed by atoms with van der Waals surface area (Å²) in [7, 11) is 0. The van der Waals surface area contributed by atoms with E-state index in [-0.39, 0.29) is 5.91 Å². The minimum atomic E-state index is 0.222. The normalized spacial score (nSPS) is 15.7. The van der Waals surface area contributed by atoms with E-state index in [9.17, 15) is 4.79 Å². The molecule has 0 saturated carbocycles. The van der Waals surface area contributed by atoms with E-state index in [0.717, 1.165) is 41.9 Å². The second-order valence-electron chi connectivity index (χ2n) is 4.13. The molecule has 2 rings (SSSR count). The summed E-state index contributed by atoms with van der Waals surface area (Å²) in [5.74, 6) is 0.695. The molecule has 2 heterocycles. The van der Waals surface area contributed by atoms with Crippen LogP contribution in [0, 0.1) is 0 Å². The molecule has 0 radical (unpaired) electrons. The number of anilines is 1. The molecule has 0 aliphatic carbocycles. The molecule has 0 atom stereocenters. The van der Waals surface area contributed by atoms with E-state index >= 15 is 0 Å². The fourth-order valence-corrected chi connectivity index (χ4v) is 3.57. The zero-order valence-electron chi connectivity index (χ0n) is 10.5. The van der Waals surface area contributed by atoms with Crippen molar-refractivity contribution >= 4 is 34.1 Å². The number of aromatic nitrogens is 2. The number of thioether (sulfide) groups is 1. The number of nitrogens with one attached hydrogen (secondary N) is 1. The van der Waals surface area contributed by atoms with E-state index in [4.69, 9.17) is 0 Å². The highest BCUT2D eigenvalue weighted by Crippen LogP contribution is 2.25. The summed E-state index contributed by atoms with van der Waals surface area (Å²) in [4.78, 5) is 13.9. The lowest BCUT2D eigenvalue weighted by atomic mass is 10.1. The molecular weight excluding hydrogens is 268 g/mol. The first-order chi connectivity index (χ1) is 8.79. The Morgan fingerprint density at radius 3 is 2.89 bits per heavy atom. The maximum Gasteiger partial charge on any atom is 0.233 e. The Morgan fingerprint density at radius 2 is 2.17 bits per heavy atom. The number of piperidine rings is 1. The fraction of sp³-hybridized carbons (Fsp3) is 0.727. The minimum Gasteiger partial charge on any atom is -0.360 e. The third kappa shape index (κ3) is 3.84. The van der Waals surface area contributed by atoms with Crippen molar-refractivity contribution in [3.63, 3.8) is 0 Å². The van der Waals surface area contributed by atoms with E-state index in [1.54, 1.807) is 0 Å². The molecular formula is C11H18N4OS2. The molecule has 5 nitrogen and oxygen atoms in total. The zero-order chi connectivity index (χ0) is 12.8. The van der Waals surface area contributed by atoms with Gasteiger partial charge in [-0.1, -0.05) is 23.1 Å². The van der Waals surface area contributed by atoms with Crippen LogP contribution in [0.25, 0.3) is 0 Å². The fourth-order valence-electron chi connectivity index (χ4n) is 1.85. The van der Waals surface area contributed by atoms with Gasteiger partial charge in [0.2, 0.25) is 11.0 Å². The highest BCUT2D eigenvalue weighted by molar-refractivity contribution is 8.01. The van der Waals surface area contributed by atoms with Gasteiger partial charge in [0.05, 0.1) is 5.75 Å². The molecule has 1 aromatic rings. The van der Waals surface area contributed by atoms with Crippen LogP contribution in [0.3, 0.4) is 0 Å². The number of nitrogens with zero attached hydrogens (tertiary/aromatic N) is 3. The third-order valence-electron chi connectivity index (χ3n) is 2.76. The molecule has 100 valence electrons. The lowest BCUT2D eigenvalue weighted by molar-refractivity contribution is -0.129. The molecule has 18 heavy (non-hydrogen) atoms. The molecule has 1 aromatic heterocycles. The van der Waals surface area contributed by atoms with Crippen LogP contribution in [0.5, 0.6) is 0 Å². The van der Waals surface area contributed by atoms with Gasteiger partial charge in [0.15, 0.2) is 4.34 Å². The molecule has 0 unspecified atom stereocenters. The number of carbonyl (C=O) groups excluding carboxylic acids is 1. The second-order valence-corrected chi connectivity index (χ2v) is 6.33. The van der Waals surface area contributed by atoms with Crippen molar-refractivity contribution in [3.05, 3.63) is 0 Å². The van der Waals surface area contributed by atoms with Crippen molar-refractivity contribution in [2.45, 2.75) is 30.5 Å². The maximum absolute atomic E-state index is 11.9. The molecule has 0 aromatic carbocycles. The van der Waals surface area contributed by atoms with Crippen molar-refractivity contribution in [1.82, 2.24) is 15.1 Å². The summed E-state index contributed by atoms with van der Waals surface area (Å²) < 4.78 is 0.858. The summed E-state index contributed by atoms with van der Waals surface area (Å²) in [6, 6.07) is 0. The third-order valence-corrected chi connectivity index (χ3v) is 4.76. The highest BCUT2D eigenvalue weighted by atomic mass is 32.2. The molecule has 1 aliphatic heterocycles. The van der Waals surface area contributed by atoms with Gasteiger partial charge >= 0.3 is 0 Å². The molecule has 0 spiro atoms. The van der Waals surface area contributed by atoms with Crippen LogP contribution < -0.4 is 5.32 Å². The van der Waals surface area contributed by atoms with E-state index in [1.807, 2.05) is 11.8 Å². The lowest BCUT2D eigenvalue weighted by Gasteiger charge is -2.26. The molecule has 1 amide bonds. The lowest BCUT2D eigenvalue weighted by Crippen LogP contribution is -2.36. The molecule has 0 bridgehead atoms. The van der Waals surface area contributed by atoms with Crippen LogP contribution in [-0.4, -0.2) is 46.4 Å². The number of hydrogen-bond donors (Lipinski definition) is 1. The second kappa shape index (κ2) is 6.94. The zero-order valence-corrected chi connectivity index (χ0v) is 12.1. The molecule has 1 saturated heterocycles. The van der Waals surface area contributed by atoms with Gasteiger partial charge < -0.3 is 10.2 Å². The average molecular weight is 286 g/mol. The number of carbonyl (C=O) groups is 1. The summed E-state index contributed by atoms with van der Waals surface area (Å²) in [6.45, 7) is 4.69. The average Bonchev–Trinajstić information content (AvgIpc) is 2.85. The van der Waals surface area contributed by atoms with Gasteiger partial charge in [0.25, 0.3) is 0 Å². The van der Waals surface area contributed by atoms with Gasteiger partial charge in [-0.2, -0.15) is 0 Å². The molecule has 1 N–H and O–H groups in total. The first kappa shape index (κ1) is 13.6. The Bertz CT molecular complexity index is 390. The van der Waals surface area contributed by atoms with E-state index < -0.39 is 0 Å². The largest absolute Gasteiger partial charge is 0.360 e. The first-order valence-electron chi connectivity index (χ1n) is 6.27. The smallest absolute Gasteiger partial charge is 0.233 e. The Morgan fingerprint density at radius 1 is 1.39 bits per heavy atom. The Kier molecular flexibility index (Phi) is 5.25. The van der Waals surface area contributed by atoms with Gasteiger partial charge in [0.1, 0.15) is 0 Å². The first-order valence-corrected chi connectivity index (χ1v) is 8.07. The van der Waals surface area contributed by atoms with Crippen LogP contribution in [0.1, 0.15) is 26.2 Å². The number of hydrogen-bond acceptors (Lipinski definition) is 6. The summed E-state index contributed by atoms with van der Waals surface area (Å²) in [5.41, 5.74) is 0. The maximum atomic E-state index is 11.9. The predicted octanol–water partition coefficient (Wildman–Crippen LogP) is 2.07. The molecule has 7 heteroatoms. The number of rotatable bonds is 5. The van der Waals surface area contributed by atoms with Gasteiger partial charge in [-0.05, 0) is 26.2 Å².